The first-order chi connectivity index (χ1) is 8.86. The lowest BCUT2D eigenvalue weighted by atomic mass is 10.1. The Bertz CT molecular complexity index is 411. The van der Waals surface area contributed by atoms with Gasteiger partial charge in [-0.15, -0.1) is 0 Å². The normalized spacial score (nSPS) is 20.7. The highest BCUT2D eigenvalue weighted by Crippen LogP contribution is 2.32. The summed E-state index contributed by atoms with van der Waals surface area (Å²) in [4.78, 5) is 18.6. The predicted octanol–water partition coefficient (Wildman–Crippen LogP) is 1.87. The van der Waals surface area contributed by atoms with Crippen molar-refractivity contribution >= 4 is 5.91 Å². The molecule has 0 spiro atoms. The summed E-state index contributed by atoms with van der Waals surface area (Å²) < 4.78 is 5.39. The summed E-state index contributed by atoms with van der Waals surface area (Å²) >= 11 is 0. The van der Waals surface area contributed by atoms with Gasteiger partial charge in [0.05, 0.1) is 0 Å². The van der Waals surface area contributed by atoms with Crippen LogP contribution in [0.25, 0.3) is 0 Å². The predicted molar refractivity (Wildman–Crippen MR) is 67.3 cm³/mol. The Hall–Kier alpha value is -1.42. The minimum atomic E-state index is 0.159. The van der Waals surface area contributed by atoms with Crippen LogP contribution in [-0.2, 0) is 4.74 Å². The molecule has 2 heterocycles. The standard InChI is InChI=1S/C14H18N2O2/c17-14(11-3-7-15-8-4-11)16(12-1-2-12)13-5-9-18-10-6-13/h3-4,7-8,12-13H,1-2,5-6,9-10H2. The van der Waals surface area contributed by atoms with Crippen LogP contribution in [0, 0.1) is 0 Å². The Labute approximate surface area is 107 Å². The molecule has 1 aliphatic heterocycles. The molecule has 4 heteroatoms. The van der Waals surface area contributed by atoms with E-state index >= 15 is 0 Å². The molecule has 0 radical (unpaired) electrons. The number of hydrogen-bond acceptors (Lipinski definition) is 3. The number of amides is 1. The highest BCUT2D eigenvalue weighted by molar-refractivity contribution is 5.94. The van der Waals surface area contributed by atoms with E-state index in [2.05, 4.69) is 9.88 Å². The number of aromatic nitrogens is 1. The first-order valence-corrected chi connectivity index (χ1v) is 6.66. The van der Waals surface area contributed by atoms with Crippen molar-refractivity contribution in [2.24, 2.45) is 0 Å². The van der Waals surface area contributed by atoms with Crippen molar-refractivity contribution in [1.82, 2.24) is 9.88 Å². The van der Waals surface area contributed by atoms with Crippen molar-refractivity contribution in [3.8, 4) is 0 Å². The van der Waals surface area contributed by atoms with Gasteiger partial charge in [0, 0.05) is 43.3 Å². The Morgan fingerprint density at radius 2 is 1.72 bits per heavy atom. The van der Waals surface area contributed by atoms with Crippen LogP contribution in [0.4, 0.5) is 0 Å². The Balaban J connectivity index is 1.79. The van der Waals surface area contributed by atoms with Crippen molar-refractivity contribution in [2.75, 3.05) is 13.2 Å². The van der Waals surface area contributed by atoms with Gasteiger partial charge >= 0.3 is 0 Å². The molecule has 2 aliphatic rings. The molecule has 0 atom stereocenters. The highest BCUT2D eigenvalue weighted by atomic mass is 16.5. The molecule has 1 aromatic heterocycles. The van der Waals surface area contributed by atoms with Crippen LogP contribution in [0.2, 0.25) is 0 Å². The van der Waals surface area contributed by atoms with E-state index in [1.165, 1.54) is 0 Å². The second-order valence-corrected chi connectivity index (χ2v) is 5.02. The van der Waals surface area contributed by atoms with Gasteiger partial charge in [0.25, 0.3) is 5.91 Å². The zero-order valence-electron chi connectivity index (χ0n) is 10.4. The Kier molecular flexibility index (Phi) is 3.28. The first-order valence-electron chi connectivity index (χ1n) is 6.66. The minimum Gasteiger partial charge on any atom is -0.381 e. The molecule has 0 aromatic carbocycles. The van der Waals surface area contributed by atoms with E-state index in [0.717, 1.165) is 44.5 Å². The van der Waals surface area contributed by atoms with Crippen LogP contribution in [0.15, 0.2) is 24.5 Å². The summed E-state index contributed by atoms with van der Waals surface area (Å²) in [5.74, 6) is 0.159. The molecular formula is C14H18N2O2. The molecule has 1 amide bonds. The number of ether oxygens (including phenoxy) is 1. The summed E-state index contributed by atoms with van der Waals surface area (Å²) in [6, 6.07) is 4.41. The molecule has 2 fully saturated rings. The van der Waals surface area contributed by atoms with Crippen LogP contribution in [0.3, 0.4) is 0 Å². The topological polar surface area (TPSA) is 42.4 Å². The molecule has 18 heavy (non-hydrogen) atoms. The lowest BCUT2D eigenvalue weighted by Gasteiger charge is -2.34. The Morgan fingerprint density at radius 1 is 1.11 bits per heavy atom. The fourth-order valence-corrected chi connectivity index (χ4v) is 2.59. The van der Waals surface area contributed by atoms with Gasteiger partial charge in [0.1, 0.15) is 0 Å². The fourth-order valence-electron chi connectivity index (χ4n) is 2.59. The second-order valence-electron chi connectivity index (χ2n) is 5.02. The first kappa shape index (κ1) is 11.7. The van der Waals surface area contributed by atoms with Crippen molar-refractivity contribution in [1.29, 1.82) is 0 Å². The summed E-state index contributed by atoms with van der Waals surface area (Å²) in [6.45, 7) is 1.55. The zero-order chi connectivity index (χ0) is 12.4. The van der Waals surface area contributed by atoms with Gasteiger partial charge in [0.2, 0.25) is 0 Å². The summed E-state index contributed by atoms with van der Waals surface area (Å²) in [5.41, 5.74) is 0.753. The van der Waals surface area contributed by atoms with E-state index in [1.54, 1.807) is 24.5 Å². The van der Waals surface area contributed by atoms with Gasteiger partial charge in [0.15, 0.2) is 0 Å². The van der Waals surface area contributed by atoms with E-state index in [0.29, 0.717) is 12.1 Å². The van der Waals surface area contributed by atoms with Gasteiger partial charge in [-0.2, -0.15) is 0 Å². The SMILES string of the molecule is O=C(c1ccncc1)N(C1CCOCC1)C1CC1. The van der Waals surface area contributed by atoms with Crippen molar-refractivity contribution < 1.29 is 9.53 Å². The van der Waals surface area contributed by atoms with Crippen LogP contribution in [0.1, 0.15) is 36.0 Å². The van der Waals surface area contributed by atoms with Crippen LogP contribution < -0.4 is 0 Å². The summed E-state index contributed by atoms with van der Waals surface area (Å²) in [6.07, 6.45) is 7.59. The Morgan fingerprint density at radius 3 is 2.33 bits per heavy atom. The molecule has 0 unspecified atom stereocenters. The van der Waals surface area contributed by atoms with Gasteiger partial charge in [-0.3, -0.25) is 9.78 Å². The quantitative estimate of drug-likeness (QED) is 0.817. The van der Waals surface area contributed by atoms with E-state index in [1.807, 2.05) is 0 Å². The lowest BCUT2D eigenvalue weighted by molar-refractivity contribution is 0.0267. The average molecular weight is 246 g/mol. The minimum absolute atomic E-state index is 0.159. The summed E-state index contributed by atoms with van der Waals surface area (Å²) in [7, 11) is 0. The molecule has 96 valence electrons. The maximum atomic E-state index is 12.6. The highest BCUT2D eigenvalue weighted by Gasteiger charge is 2.38. The molecule has 4 nitrogen and oxygen atoms in total. The van der Waals surface area contributed by atoms with E-state index in [9.17, 15) is 4.79 Å². The van der Waals surface area contributed by atoms with E-state index in [4.69, 9.17) is 4.74 Å². The average Bonchev–Trinajstić information content (AvgIpc) is 3.26. The number of hydrogen-bond donors (Lipinski definition) is 0. The van der Waals surface area contributed by atoms with Gasteiger partial charge < -0.3 is 9.64 Å². The van der Waals surface area contributed by atoms with Crippen LogP contribution >= 0.6 is 0 Å². The number of nitrogens with zero attached hydrogens (tertiary/aromatic N) is 2. The molecule has 0 N–H and O–H groups in total. The number of carbonyl (C=O) groups is 1. The third-order valence-corrected chi connectivity index (χ3v) is 3.69. The van der Waals surface area contributed by atoms with Crippen molar-refractivity contribution in [3.63, 3.8) is 0 Å². The van der Waals surface area contributed by atoms with Gasteiger partial charge in [-0.05, 0) is 37.8 Å². The molecule has 1 saturated carbocycles. The number of pyridine rings is 1. The zero-order valence-corrected chi connectivity index (χ0v) is 10.4. The van der Waals surface area contributed by atoms with Gasteiger partial charge in [-0.25, -0.2) is 0 Å². The van der Waals surface area contributed by atoms with Crippen molar-refractivity contribution in [3.05, 3.63) is 30.1 Å². The third kappa shape index (κ3) is 2.38. The molecule has 3 rings (SSSR count). The van der Waals surface area contributed by atoms with Crippen molar-refractivity contribution in [2.45, 2.75) is 37.8 Å². The molecule has 1 aliphatic carbocycles. The van der Waals surface area contributed by atoms with Crippen LogP contribution in [-0.4, -0.2) is 41.1 Å². The molecule has 1 saturated heterocycles. The largest absolute Gasteiger partial charge is 0.381 e. The number of rotatable bonds is 3. The van der Waals surface area contributed by atoms with E-state index < -0.39 is 0 Å². The number of carbonyl (C=O) groups excluding carboxylic acids is 1. The molecular weight excluding hydrogens is 228 g/mol. The molecule has 0 bridgehead atoms. The monoisotopic (exact) mass is 246 g/mol. The summed E-state index contributed by atoms with van der Waals surface area (Å²) in [5, 5.41) is 0. The molecule has 1 aromatic rings. The third-order valence-electron chi connectivity index (χ3n) is 3.69. The van der Waals surface area contributed by atoms with E-state index in [-0.39, 0.29) is 5.91 Å². The maximum Gasteiger partial charge on any atom is 0.254 e. The van der Waals surface area contributed by atoms with Gasteiger partial charge in [-0.1, -0.05) is 0 Å². The second kappa shape index (κ2) is 5.06. The lowest BCUT2D eigenvalue weighted by Crippen LogP contribution is -2.44. The van der Waals surface area contributed by atoms with Crippen LogP contribution in [0.5, 0.6) is 0 Å². The fraction of sp³-hybridized carbons (Fsp3) is 0.571. The maximum absolute atomic E-state index is 12.6. The smallest absolute Gasteiger partial charge is 0.254 e.